The summed E-state index contributed by atoms with van der Waals surface area (Å²) in [5.74, 6) is -0.308. The Labute approximate surface area is 99.1 Å². The van der Waals surface area contributed by atoms with Crippen LogP contribution in [-0.2, 0) is 16.1 Å². The summed E-state index contributed by atoms with van der Waals surface area (Å²) in [5.41, 5.74) is 2.72. The van der Waals surface area contributed by atoms with Crippen molar-refractivity contribution < 1.29 is 9.53 Å². The van der Waals surface area contributed by atoms with Crippen molar-refractivity contribution in [3.63, 3.8) is 0 Å². The Hall–Kier alpha value is -2.17. The Kier molecular flexibility index (Phi) is 3.18. The van der Waals surface area contributed by atoms with Gasteiger partial charge in [0.05, 0.1) is 12.8 Å². The van der Waals surface area contributed by atoms with Crippen molar-refractivity contribution in [3.05, 3.63) is 36.3 Å². The van der Waals surface area contributed by atoms with E-state index in [1.807, 2.05) is 25.1 Å². The van der Waals surface area contributed by atoms with Crippen molar-refractivity contribution in [3.8, 4) is 11.3 Å². The number of esters is 1. The van der Waals surface area contributed by atoms with E-state index in [-0.39, 0.29) is 12.5 Å². The normalized spacial score (nSPS) is 10.2. The smallest absolute Gasteiger partial charge is 0.327 e. The molecule has 0 fully saturated rings. The van der Waals surface area contributed by atoms with Crippen molar-refractivity contribution in [2.24, 2.45) is 0 Å². The lowest BCUT2D eigenvalue weighted by Crippen LogP contribution is -2.13. The van der Waals surface area contributed by atoms with E-state index in [1.165, 1.54) is 7.11 Å². The van der Waals surface area contributed by atoms with Crippen molar-refractivity contribution >= 4 is 5.97 Å². The number of methoxy groups -OCH3 is 1. The minimum absolute atomic E-state index is 0.132. The first-order chi connectivity index (χ1) is 8.20. The zero-order chi connectivity index (χ0) is 12.3. The first-order valence-electron chi connectivity index (χ1n) is 5.22. The lowest BCUT2D eigenvalue weighted by atomic mass is 10.2. The number of carbonyl (C=O) groups excluding carboxylic acids is 1. The summed E-state index contributed by atoms with van der Waals surface area (Å²) in [6, 6.07) is 5.69. The van der Waals surface area contributed by atoms with Crippen LogP contribution in [-0.4, -0.2) is 27.8 Å². The van der Waals surface area contributed by atoms with Gasteiger partial charge < -0.3 is 4.74 Å². The molecule has 88 valence electrons. The summed E-state index contributed by atoms with van der Waals surface area (Å²) in [6.07, 6.45) is 3.42. The molecule has 0 radical (unpaired) electrons. The van der Waals surface area contributed by atoms with Crippen LogP contribution in [0.5, 0.6) is 0 Å². The summed E-state index contributed by atoms with van der Waals surface area (Å²) < 4.78 is 6.24. The number of ether oxygens (including phenoxy) is 1. The molecule has 2 aromatic heterocycles. The highest BCUT2D eigenvalue weighted by molar-refractivity contribution is 5.69. The molecule has 2 aromatic rings. The Morgan fingerprint density at radius 1 is 1.41 bits per heavy atom. The maximum atomic E-state index is 11.2. The number of hydrogen-bond acceptors (Lipinski definition) is 4. The maximum absolute atomic E-state index is 11.2. The first-order valence-corrected chi connectivity index (χ1v) is 5.22. The maximum Gasteiger partial charge on any atom is 0.327 e. The number of aryl methyl sites for hydroxylation is 1. The molecule has 2 rings (SSSR count). The molecule has 0 N–H and O–H groups in total. The van der Waals surface area contributed by atoms with E-state index >= 15 is 0 Å². The van der Waals surface area contributed by atoms with Gasteiger partial charge in [0.15, 0.2) is 0 Å². The molecule has 0 atom stereocenters. The zero-order valence-electron chi connectivity index (χ0n) is 9.75. The number of carbonyl (C=O) groups is 1. The second-order valence-electron chi connectivity index (χ2n) is 3.64. The standard InChI is InChI=1S/C12H13N3O2/c1-9-7-11(10-3-5-13-6-4-10)14-15(9)8-12(16)17-2/h3-7H,8H2,1-2H3. The highest BCUT2D eigenvalue weighted by atomic mass is 16.5. The van der Waals surface area contributed by atoms with Gasteiger partial charge in [0.1, 0.15) is 6.54 Å². The highest BCUT2D eigenvalue weighted by Gasteiger charge is 2.09. The van der Waals surface area contributed by atoms with Gasteiger partial charge in [-0.05, 0) is 25.1 Å². The lowest BCUT2D eigenvalue weighted by Gasteiger charge is -2.01. The van der Waals surface area contributed by atoms with Crippen molar-refractivity contribution in [1.82, 2.24) is 14.8 Å². The van der Waals surface area contributed by atoms with Crippen LogP contribution in [0.1, 0.15) is 5.69 Å². The minimum atomic E-state index is -0.308. The van der Waals surface area contributed by atoms with Crippen molar-refractivity contribution in [2.45, 2.75) is 13.5 Å². The summed E-state index contributed by atoms with van der Waals surface area (Å²) >= 11 is 0. The van der Waals surface area contributed by atoms with Crippen LogP contribution in [0.2, 0.25) is 0 Å². The van der Waals surface area contributed by atoms with E-state index in [2.05, 4.69) is 14.8 Å². The largest absolute Gasteiger partial charge is 0.468 e. The Bertz CT molecular complexity index is 520. The van der Waals surface area contributed by atoms with E-state index in [9.17, 15) is 4.79 Å². The monoisotopic (exact) mass is 231 g/mol. The fraction of sp³-hybridized carbons (Fsp3) is 0.250. The zero-order valence-corrected chi connectivity index (χ0v) is 9.75. The molecule has 5 heteroatoms. The second-order valence-corrected chi connectivity index (χ2v) is 3.64. The third-order valence-corrected chi connectivity index (χ3v) is 2.46. The van der Waals surface area contributed by atoms with Crippen molar-refractivity contribution in [2.75, 3.05) is 7.11 Å². The van der Waals surface area contributed by atoms with Crippen LogP contribution in [0.15, 0.2) is 30.6 Å². The van der Waals surface area contributed by atoms with E-state index in [0.29, 0.717) is 0 Å². The molecule has 5 nitrogen and oxygen atoms in total. The molecule has 0 aromatic carbocycles. The summed E-state index contributed by atoms with van der Waals surface area (Å²) in [5, 5.41) is 4.36. The Balaban J connectivity index is 2.28. The molecule has 0 saturated heterocycles. The van der Waals surface area contributed by atoms with Gasteiger partial charge in [0.25, 0.3) is 0 Å². The molecule has 0 unspecified atom stereocenters. The quantitative estimate of drug-likeness (QED) is 0.750. The molecule has 0 spiro atoms. The summed E-state index contributed by atoms with van der Waals surface area (Å²) in [4.78, 5) is 15.1. The number of aromatic nitrogens is 3. The fourth-order valence-electron chi connectivity index (χ4n) is 1.52. The van der Waals surface area contributed by atoms with Crippen molar-refractivity contribution in [1.29, 1.82) is 0 Å². The molecule has 0 saturated carbocycles. The number of nitrogens with zero attached hydrogens (tertiary/aromatic N) is 3. The van der Waals surface area contributed by atoms with Gasteiger partial charge in [-0.3, -0.25) is 14.5 Å². The van der Waals surface area contributed by atoms with E-state index in [0.717, 1.165) is 17.0 Å². The molecule has 0 aliphatic heterocycles. The van der Waals surface area contributed by atoms with Gasteiger partial charge in [0, 0.05) is 23.7 Å². The van der Waals surface area contributed by atoms with Gasteiger partial charge in [-0.1, -0.05) is 0 Å². The Morgan fingerprint density at radius 3 is 2.76 bits per heavy atom. The summed E-state index contributed by atoms with van der Waals surface area (Å²) in [6.45, 7) is 2.04. The first kappa shape index (κ1) is 11.3. The lowest BCUT2D eigenvalue weighted by molar-refractivity contribution is -0.141. The molecular formula is C12H13N3O2. The second kappa shape index (κ2) is 4.78. The van der Waals surface area contributed by atoms with Gasteiger partial charge in [0.2, 0.25) is 0 Å². The summed E-state index contributed by atoms with van der Waals surface area (Å²) in [7, 11) is 1.37. The van der Waals surface area contributed by atoms with Crippen LogP contribution < -0.4 is 0 Å². The average molecular weight is 231 g/mol. The predicted octanol–water partition coefficient (Wildman–Crippen LogP) is 1.43. The topological polar surface area (TPSA) is 57.0 Å². The molecular weight excluding hydrogens is 218 g/mol. The third kappa shape index (κ3) is 2.50. The van der Waals surface area contributed by atoms with Gasteiger partial charge in [-0.25, -0.2) is 0 Å². The fourth-order valence-corrected chi connectivity index (χ4v) is 1.52. The van der Waals surface area contributed by atoms with E-state index in [4.69, 9.17) is 0 Å². The molecule has 0 bridgehead atoms. The third-order valence-electron chi connectivity index (χ3n) is 2.46. The molecule has 17 heavy (non-hydrogen) atoms. The van der Waals surface area contributed by atoms with Crippen LogP contribution in [0.25, 0.3) is 11.3 Å². The van der Waals surface area contributed by atoms with Crippen LogP contribution in [0, 0.1) is 6.92 Å². The van der Waals surface area contributed by atoms with Gasteiger partial charge >= 0.3 is 5.97 Å². The average Bonchev–Trinajstić information content (AvgIpc) is 2.72. The van der Waals surface area contributed by atoms with Crippen LogP contribution in [0.3, 0.4) is 0 Å². The number of rotatable bonds is 3. The number of pyridine rings is 1. The van der Waals surface area contributed by atoms with Gasteiger partial charge in [-0.2, -0.15) is 5.10 Å². The van der Waals surface area contributed by atoms with E-state index in [1.54, 1.807) is 17.1 Å². The van der Waals surface area contributed by atoms with Gasteiger partial charge in [-0.15, -0.1) is 0 Å². The molecule has 0 aliphatic rings. The molecule has 2 heterocycles. The minimum Gasteiger partial charge on any atom is -0.468 e. The number of hydrogen-bond donors (Lipinski definition) is 0. The van der Waals surface area contributed by atoms with E-state index < -0.39 is 0 Å². The molecule has 0 amide bonds. The molecule has 0 aliphatic carbocycles. The highest BCUT2D eigenvalue weighted by Crippen LogP contribution is 2.17. The Morgan fingerprint density at radius 2 is 2.12 bits per heavy atom. The van der Waals surface area contributed by atoms with Crippen LogP contribution >= 0.6 is 0 Å². The predicted molar refractivity (Wildman–Crippen MR) is 62.2 cm³/mol. The SMILES string of the molecule is COC(=O)Cn1nc(-c2ccncc2)cc1C. The van der Waals surface area contributed by atoms with Crippen LogP contribution in [0.4, 0.5) is 0 Å².